The number of piperazine rings is 1. The second kappa shape index (κ2) is 8.99. The van der Waals surface area contributed by atoms with E-state index >= 15 is 0 Å². The first kappa shape index (κ1) is 25.1. The fourth-order valence-corrected chi connectivity index (χ4v) is 3.51. The van der Waals surface area contributed by atoms with Crippen LogP contribution >= 0.6 is 0 Å². The van der Waals surface area contributed by atoms with E-state index < -0.39 is 34.9 Å². The minimum absolute atomic E-state index is 0.0496. The zero-order valence-electron chi connectivity index (χ0n) is 19.2. The summed E-state index contributed by atoms with van der Waals surface area (Å²) in [5.41, 5.74) is -2.85. The molecule has 0 bridgehead atoms. The van der Waals surface area contributed by atoms with E-state index in [0.717, 1.165) is 12.1 Å². The summed E-state index contributed by atoms with van der Waals surface area (Å²) in [5.74, 6) is -0.677. The molecule has 3 rings (SSSR count). The molecule has 0 saturated carbocycles. The van der Waals surface area contributed by atoms with Gasteiger partial charge in [-0.1, -0.05) is 0 Å². The summed E-state index contributed by atoms with van der Waals surface area (Å²) in [6, 6.07) is 4.42. The van der Waals surface area contributed by atoms with Crippen LogP contribution in [0.1, 0.15) is 33.3 Å². The standard InChI is InChI=1S/C22H26F3N5O4/c1-20(2,3)34-19(33)30-12-11-29(13-21(30,4)18(31)32)17-16(26-9-10-27-17)28-15-7-5-14(6-8-15)22(23,24)25/h5-10H,11-13H2,1-4H3,(H,26,28)(H,31,32). The maximum atomic E-state index is 12.8. The summed E-state index contributed by atoms with van der Waals surface area (Å²) in [6.07, 6.45) is -2.36. The Kier molecular flexibility index (Phi) is 6.63. The lowest BCUT2D eigenvalue weighted by Gasteiger charge is -2.46. The van der Waals surface area contributed by atoms with Gasteiger partial charge >= 0.3 is 18.2 Å². The average molecular weight is 481 g/mol. The molecule has 12 heteroatoms. The highest BCUT2D eigenvalue weighted by atomic mass is 19.4. The van der Waals surface area contributed by atoms with Crippen molar-refractivity contribution < 1.29 is 32.6 Å². The van der Waals surface area contributed by atoms with Crippen molar-refractivity contribution in [2.24, 2.45) is 0 Å². The molecule has 1 atom stereocenters. The summed E-state index contributed by atoms with van der Waals surface area (Å²) in [6.45, 7) is 6.68. The van der Waals surface area contributed by atoms with Gasteiger partial charge in [0.2, 0.25) is 0 Å². The van der Waals surface area contributed by atoms with E-state index in [1.807, 2.05) is 0 Å². The van der Waals surface area contributed by atoms with E-state index in [4.69, 9.17) is 4.74 Å². The molecule has 1 aliphatic heterocycles. The Balaban J connectivity index is 1.85. The number of anilines is 3. The molecule has 184 valence electrons. The number of amides is 1. The van der Waals surface area contributed by atoms with Crippen LogP contribution in [-0.2, 0) is 15.7 Å². The molecular weight excluding hydrogens is 455 g/mol. The number of hydrogen-bond donors (Lipinski definition) is 2. The van der Waals surface area contributed by atoms with Crippen molar-refractivity contribution in [3.63, 3.8) is 0 Å². The van der Waals surface area contributed by atoms with Crippen LogP contribution < -0.4 is 10.2 Å². The molecule has 1 unspecified atom stereocenters. The number of benzene rings is 1. The van der Waals surface area contributed by atoms with Crippen molar-refractivity contribution in [1.29, 1.82) is 0 Å². The molecule has 0 spiro atoms. The largest absolute Gasteiger partial charge is 0.479 e. The molecule has 2 aromatic rings. The smallest absolute Gasteiger partial charge is 0.416 e. The number of carbonyl (C=O) groups is 2. The molecule has 1 aromatic carbocycles. The predicted octanol–water partition coefficient (Wildman–Crippen LogP) is 4.14. The lowest BCUT2D eigenvalue weighted by Crippen LogP contribution is -2.67. The fraction of sp³-hybridized carbons (Fsp3) is 0.455. The second-order valence-corrected chi connectivity index (χ2v) is 9.06. The van der Waals surface area contributed by atoms with E-state index in [1.54, 1.807) is 25.7 Å². The number of rotatable bonds is 4. The Morgan fingerprint density at radius 3 is 2.26 bits per heavy atom. The Morgan fingerprint density at radius 2 is 1.71 bits per heavy atom. The highest BCUT2D eigenvalue weighted by Gasteiger charge is 2.48. The molecule has 9 nitrogen and oxygen atoms in total. The van der Waals surface area contributed by atoms with Crippen molar-refractivity contribution in [2.45, 2.75) is 45.0 Å². The molecule has 1 aromatic heterocycles. The van der Waals surface area contributed by atoms with Crippen LogP contribution in [0.25, 0.3) is 0 Å². The van der Waals surface area contributed by atoms with Crippen LogP contribution in [0.5, 0.6) is 0 Å². The lowest BCUT2D eigenvalue weighted by molar-refractivity contribution is -0.150. The number of hydrogen-bond acceptors (Lipinski definition) is 7. The number of aromatic nitrogens is 2. The number of alkyl halides is 3. The van der Waals surface area contributed by atoms with E-state index in [9.17, 15) is 27.9 Å². The van der Waals surface area contributed by atoms with Gasteiger partial charge in [-0.3, -0.25) is 4.90 Å². The fourth-order valence-electron chi connectivity index (χ4n) is 3.51. The normalized spacial score (nSPS) is 19.0. The Morgan fingerprint density at radius 1 is 1.09 bits per heavy atom. The zero-order valence-corrected chi connectivity index (χ0v) is 19.2. The third-order valence-corrected chi connectivity index (χ3v) is 5.22. The van der Waals surface area contributed by atoms with Gasteiger partial charge in [-0.2, -0.15) is 13.2 Å². The van der Waals surface area contributed by atoms with Gasteiger partial charge in [0.1, 0.15) is 5.60 Å². The number of carboxylic acid groups (broad SMARTS) is 1. The molecule has 2 N–H and O–H groups in total. The third-order valence-electron chi connectivity index (χ3n) is 5.22. The maximum Gasteiger partial charge on any atom is 0.416 e. The highest BCUT2D eigenvalue weighted by molar-refractivity contribution is 5.86. The van der Waals surface area contributed by atoms with Gasteiger partial charge in [-0.15, -0.1) is 0 Å². The molecule has 1 saturated heterocycles. The van der Waals surface area contributed by atoms with E-state index in [0.29, 0.717) is 11.5 Å². The number of ether oxygens (including phenoxy) is 1. The monoisotopic (exact) mass is 481 g/mol. The van der Waals surface area contributed by atoms with Crippen LogP contribution in [0.15, 0.2) is 36.7 Å². The lowest BCUT2D eigenvalue weighted by atomic mass is 9.96. The van der Waals surface area contributed by atoms with Gasteiger partial charge < -0.3 is 20.1 Å². The first-order chi connectivity index (χ1) is 15.7. The summed E-state index contributed by atoms with van der Waals surface area (Å²) >= 11 is 0. The number of carbonyl (C=O) groups excluding carboxylic acids is 1. The van der Waals surface area contributed by atoms with E-state index in [1.165, 1.54) is 36.4 Å². The molecule has 1 amide bonds. The second-order valence-electron chi connectivity index (χ2n) is 9.06. The topological polar surface area (TPSA) is 108 Å². The Bertz CT molecular complexity index is 1060. The van der Waals surface area contributed by atoms with Crippen LogP contribution in [0, 0.1) is 0 Å². The van der Waals surface area contributed by atoms with E-state index in [2.05, 4.69) is 15.3 Å². The van der Waals surface area contributed by atoms with Gasteiger partial charge in [-0.25, -0.2) is 19.6 Å². The summed E-state index contributed by atoms with van der Waals surface area (Å²) in [7, 11) is 0. The Labute approximate surface area is 194 Å². The van der Waals surface area contributed by atoms with Crippen LogP contribution in [-0.4, -0.2) is 62.8 Å². The Hall–Kier alpha value is -3.57. The first-order valence-electron chi connectivity index (χ1n) is 10.4. The molecule has 34 heavy (non-hydrogen) atoms. The van der Waals surface area contributed by atoms with Crippen molar-refractivity contribution in [3.8, 4) is 0 Å². The molecule has 0 radical (unpaired) electrons. The number of nitrogens with one attached hydrogen (secondary N) is 1. The van der Waals surface area contributed by atoms with Gasteiger partial charge in [0.05, 0.1) is 12.1 Å². The van der Waals surface area contributed by atoms with Crippen molar-refractivity contribution in [2.75, 3.05) is 29.9 Å². The average Bonchev–Trinajstić information content (AvgIpc) is 2.72. The SMILES string of the molecule is CC(C)(C)OC(=O)N1CCN(c2nccnc2Nc2ccc(C(F)(F)F)cc2)CC1(C)C(=O)O. The molecule has 0 aliphatic carbocycles. The zero-order chi connectivity index (χ0) is 25.3. The third kappa shape index (κ3) is 5.49. The van der Waals surface area contributed by atoms with Crippen molar-refractivity contribution >= 4 is 29.4 Å². The van der Waals surface area contributed by atoms with Gasteiger partial charge in [0.15, 0.2) is 17.2 Å². The summed E-state index contributed by atoms with van der Waals surface area (Å²) < 4.78 is 43.9. The molecule has 1 aliphatic rings. The maximum absolute atomic E-state index is 12.8. The highest BCUT2D eigenvalue weighted by Crippen LogP contribution is 2.33. The minimum atomic E-state index is -4.45. The minimum Gasteiger partial charge on any atom is -0.479 e. The molecular formula is C22H26F3N5O4. The number of aliphatic carboxylic acids is 1. The van der Waals surface area contributed by atoms with E-state index in [-0.39, 0.29) is 25.5 Å². The van der Waals surface area contributed by atoms with Crippen LogP contribution in [0.2, 0.25) is 0 Å². The van der Waals surface area contributed by atoms with Crippen LogP contribution in [0.3, 0.4) is 0 Å². The van der Waals surface area contributed by atoms with Gasteiger partial charge in [-0.05, 0) is 52.0 Å². The molecule has 2 heterocycles. The van der Waals surface area contributed by atoms with Crippen LogP contribution in [0.4, 0.5) is 35.3 Å². The number of nitrogens with zero attached hydrogens (tertiary/aromatic N) is 4. The predicted molar refractivity (Wildman–Crippen MR) is 118 cm³/mol. The number of halogens is 3. The van der Waals surface area contributed by atoms with Gasteiger partial charge in [0, 0.05) is 31.2 Å². The van der Waals surface area contributed by atoms with Crippen molar-refractivity contribution in [1.82, 2.24) is 14.9 Å². The quantitative estimate of drug-likeness (QED) is 0.671. The molecule has 1 fully saturated rings. The van der Waals surface area contributed by atoms with Crippen molar-refractivity contribution in [3.05, 3.63) is 42.2 Å². The first-order valence-corrected chi connectivity index (χ1v) is 10.4. The van der Waals surface area contributed by atoms with Gasteiger partial charge in [0.25, 0.3) is 0 Å². The number of carboxylic acids is 1. The summed E-state index contributed by atoms with van der Waals surface area (Å²) in [4.78, 5) is 36.3. The summed E-state index contributed by atoms with van der Waals surface area (Å²) in [5, 5.41) is 12.9.